The van der Waals surface area contributed by atoms with E-state index in [4.69, 9.17) is 4.74 Å². The third-order valence-corrected chi connectivity index (χ3v) is 3.70. The first kappa shape index (κ1) is 17.2. The van der Waals surface area contributed by atoms with Crippen molar-refractivity contribution in [2.24, 2.45) is 5.92 Å². The lowest BCUT2D eigenvalue weighted by molar-refractivity contribution is -0.185. The van der Waals surface area contributed by atoms with E-state index in [9.17, 15) is 18.0 Å². The lowest BCUT2D eigenvalue weighted by Gasteiger charge is -2.33. The fourth-order valence-corrected chi connectivity index (χ4v) is 2.42. The number of likely N-dealkylation sites (tertiary alicyclic amines) is 1. The van der Waals surface area contributed by atoms with Gasteiger partial charge >= 0.3 is 12.1 Å². The number of alkyl halides is 3. The van der Waals surface area contributed by atoms with Gasteiger partial charge in [-0.05, 0) is 46.3 Å². The lowest BCUT2D eigenvalue weighted by atomic mass is 9.96. The zero-order valence-electron chi connectivity index (χ0n) is 12.0. The molecule has 0 aromatic heterocycles. The second-order valence-electron chi connectivity index (χ2n) is 5.04. The number of rotatable bonds is 6. The van der Waals surface area contributed by atoms with Gasteiger partial charge in [-0.15, -0.1) is 0 Å². The molecule has 0 radical (unpaired) electrons. The molecule has 4 nitrogen and oxygen atoms in total. The number of likely N-dealkylation sites (N-methyl/N-ethyl adjacent to an activating group) is 1. The molecule has 0 saturated carbocycles. The number of hydrogen-bond donors (Lipinski definition) is 1. The quantitative estimate of drug-likeness (QED) is 0.759. The Hall–Kier alpha value is -0.820. The zero-order chi connectivity index (χ0) is 15.2. The monoisotopic (exact) mass is 296 g/mol. The summed E-state index contributed by atoms with van der Waals surface area (Å²) in [6.07, 6.45) is -3.24. The Balaban J connectivity index is 2.31. The third-order valence-electron chi connectivity index (χ3n) is 3.70. The van der Waals surface area contributed by atoms with E-state index in [0.717, 1.165) is 0 Å². The van der Waals surface area contributed by atoms with Crippen molar-refractivity contribution in [1.82, 2.24) is 10.2 Å². The van der Waals surface area contributed by atoms with Crippen LogP contribution in [0.15, 0.2) is 0 Å². The van der Waals surface area contributed by atoms with Crippen molar-refractivity contribution >= 4 is 5.97 Å². The highest BCUT2D eigenvalue weighted by Gasteiger charge is 2.41. The molecule has 0 amide bonds. The minimum atomic E-state index is -4.08. The van der Waals surface area contributed by atoms with E-state index in [-0.39, 0.29) is 18.8 Å². The number of hydrogen-bond acceptors (Lipinski definition) is 4. The molecule has 1 unspecified atom stereocenters. The molecule has 0 aromatic rings. The lowest BCUT2D eigenvalue weighted by Crippen LogP contribution is -2.43. The van der Waals surface area contributed by atoms with Crippen LogP contribution in [-0.4, -0.2) is 56.4 Å². The number of carbonyl (C=O) groups is 1. The van der Waals surface area contributed by atoms with Crippen molar-refractivity contribution in [3.63, 3.8) is 0 Å². The molecule has 0 aromatic carbocycles. The summed E-state index contributed by atoms with van der Waals surface area (Å²) in [5.41, 5.74) is 0. The Kier molecular flexibility index (Phi) is 6.75. The number of esters is 1. The van der Waals surface area contributed by atoms with Gasteiger partial charge in [-0.1, -0.05) is 0 Å². The Bertz CT molecular complexity index is 302. The fourth-order valence-electron chi connectivity index (χ4n) is 2.42. The molecule has 1 aliphatic heterocycles. The van der Waals surface area contributed by atoms with Gasteiger partial charge in [-0.2, -0.15) is 13.2 Å². The van der Waals surface area contributed by atoms with Crippen molar-refractivity contribution in [1.29, 1.82) is 0 Å². The molecule has 7 heteroatoms. The Morgan fingerprint density at radius 1 is 1.40 bits per heavy atom. The molecule has 0 bridgehead atoms. The van der Waals surface area contributed by atoms with Crippen LogP contribution in [0.4, 0.5) is 13.2 Å². The summed E-state index contributed by atoms with van der Waals surface area (Å²) in [6, 6.07) is -0.393. The summed E-state index contributed by atoms with van der Waals surface area (Å²) in [6.45, 7) is 3.54. The van der Waals surface area contributed by atoms with Crippen molar-refractivity contribution < 1.29 is 22.7 Å². The Morgan fingerprint density at radius 3 is 2.45 bits per heavy atom. The predicted octanol–water partition coefficient (Wildman–Crippen LogP) is 1.80. The molecule has 1 aliphatic rings. The number of nitrogens with one attached hydrogen (secondary N) is 1. The van der Waals surface area contributed by atoms with Gasteiger partial charge in [0.15, 0.2) is 0 Å². The first-order chi connectivity index (χ1) is 9.38. The van der Waals surface area contributed by atoms with Crippen LogP contribution in [0.25, 0.3) is 0 Å². The van der Waals surface area contributed by atoms with E-state index >= 15 is 0 Å². The van der Waals surface area contributed by atoms with Crippen molar-refractivity contribution in [2.75, 3.05) is 33.3 Å². The first-order valence-corrected chi connectivity index (χ1v) is 7.01. The van der Waals surface area contributed by atoms with E-state index in [1.165, 1.54) is 0 Å². The summed E-state index contributed by atoms with van der Waals surface area (Å²) in [5, 5.41) is 2.88. The van der Waals surface area contributed by atoms with E-state index < -0.39 is 18.1 Å². The molecule has 1 saturated heterocycles. The van der Waals surface area contributed by atoms with Gasteiger partial charge in [-0.3, -0.25) is 4.79 Å². The Labute approximate surface area is 117 Å². The fraction of sp³-hybridized carbons (Fsp3) is 0.923. The average Bonchev–Trinajstić information content (AvgIpc) is 2.39. The van der Waals surface area contributed by atoms with Crippen molar-refractivity contribution in [3.05, 3.63) is 0 Å². The second-order valence-corrected chi connectivity index (χ2v) is 5.04. The van der Waals surface area contributed by atoms with Crippen LogP contribution in [0.3, 0.4) is 0 Å². The van der Waals surface area contributed by atoms with Crippen molar-refractivity contribution in [2.45, 2.75) is 38.4 Å². The smallest absolute Gasteiger partial charge is 0.391 e. The molecule has 1 fully saturated rings. The van der Waals surface area contributed by atoms with E-state index in [1.807, 2.05) is 4.90 Å². The molecule has 1 N–H and O–H groups in total. The van der Waals surface area contributed by atoms with Gasteiger partial charge < -0.3 is 15.0 Å². The normalized spacial score (nSPS) is 19.9. The van der Waals surface area contributed by atoms with E-state index in [0.29, 0.717) is 32.7 Å². The largest absolute Gasteiger partial charge is 0.465 e. The highest BCUT2D eigenvalue weighted by Crippen LogP contribution is 2.34. The van der Waals surface area contributed by atoms with Gasteiger partial charge in [0.05, 0.1) is 12.5 Å². The van der Waals surface area contributed by atoms with Gasteiger partial charge in [0, 0.05) is 6.54 Å². The van der Waals surface area contributed by atoms with Crippen LogP contribution < -0.4 is 5.32 Å². The SMILES string of the molecule is CCOC(=O)C(CCN1CCC(C(F)(F)F)CC1)NC. The maximum absolute atomic E-state index is 12.5. The number of carbonyl (C=O) groups excluding carboxylic acids is 1. The van der Waals surface area contributed by atoms with Crippen molar-refractivity contribution in [3.8, 4) is 0 Å². The minimum absolute atomic E-state index is 0.146. The van der Waals surface area contributed by atoms with Gasteiger partial charge in [-0.25, -0.2) is 0 Å². The van der Waals surface area contributed by atoms with Gasteiger partial charge in [0.1, 0.15) is 6.04 Å². The molecule has 1 heterocycles. The topological polar surface area (TPSA) is 41.6 Å². The number of nitrogens with zero attached hydrogens (tertiary/aromatic N) is 1. The van der Waals surface area contributed by atoms with Crippen LogP contribution >= 0.6 is 0 Å². The van der Waals surface area contributed by atoms with E-state index in [1.54, 1.807) is 14.0 Å². The number of ether oxygens (including phenoxy) is 1. The first-order valence-electron chi connectivity index (χ1n) is 7.01. The summed E-state index contributed by atoms with van der Waals surface area (Å²) >= 11 is 0. The van der Waals surface area contributed by atoms with Crippen LogP contribution in [0.1, 0.15) is 26.2 Å². The molecule has 118 valence electrons. The summed E-state index contributed by atoms with van der Waals surface area (Å²) in [7, 11) is 1.68. The van der Waals surface area contributed by atoms with E-state index in [2.05, 4.69) is 5.32 Å². The highest BCUT2D eigenvalue weighted by atomic mass is 19.4. The number of halogens is 3. The second kappa shape index (κ2) is 7.83. The summed E-state index contributed by atoms with van der Waals surface area (Å²) in [4.78, 5) is 13.6. The third kappa shape index (κ3) is 5.28. The molecule has 20 heavy (non-hydrogen) atoms. The highest BCUT2D eigenvalue weighted by molar-refractivity contribution is 5.75. The zero-order valence-corrected chi connectivity index (χ0v) is 12.0. The molecular formula is C13H23F3N2O2. The predicted molar refractivity (Wildman–Crippen MR) is 69.3 cm³/mol. The maximum Gasteiger partial charge on any atom is 0.391 e. The van der Waals surface area contributed by atoms with Gasteiger partial charge in [0.2, 0.25) is 0 Å². The van der Waals surface area contributed by atoms with Gasteiger partial charge in [0.25, 0.3) is 0 Å². The molecule has 0 spiro atoms. The maximum atomic E-state index is 12.5. The van der Waals surface area contributed by atoms with Crippen LogP contribution in [0, 0.1) is 5.92 Å². The minimum Gasteiger partial charge on any atom is -0.465 e. The summed E-state index contributed by atoms with van der Waals surface area (Å²) in [5.74, 6) is -1.48. The standard InChI is InChI=1S/C13H23F3N2O2/c1-3-20-12(19)11(17-2)6-9-18-7-4-10(5-8-18)13(14,15)16/h10-11,17H,3-9H2,1-2H3. The molecule has 0 aliphatic carbocycles. The molecule has 1 atom stereocenters. The molecule has 1 rings (SSSR count). The summed E-state index contributed by atoms with van der Waals surface area (Å²) < 4.78 is 42.5. The van der Waals surface area contributed by atoms with Crippen LogP contribution in [0.5, 0.6) is 0 Å². The van der Waals surface area contributed by atoms with Crippen LogP contribution in [-0.2, 0) is 9.53 Å². The van der Waals surface area contributed by atoms with Crippen LogP contribution in [0.2, 0.25) is 0 Å². The molecular weight excluding hydrogens is 273 g/mol. The average molecular weight is 296 g/mol. The number of piperidine rings is 1. The Morgan fingerprint density at radius 2 is 2.00 bits per heavy atom.